The van der Waals surface area contributed by atoms with Crippen LogP contribution in [0.4, 0.5) is 4.79 Å². The Morgan fingerprint density at radius 2 is 1.96 bits per heavy atom. The molecular formula is C21H29N3O2. The summed E-state index contributed by atoms with van der Waals surface area (Å²) >= 11 is 0. The van der Waals surface area contributed by atoms with Gasteiger partial charge in [0.25, 0.3) is 0 Å². The van der Waals surface area contributed by atoms with Crippen LogP contribution >= 0.6 is 0 Å². The zero-order valence-electron chi connectivity index (χ0n) is 16.0. The normalized spacial score (nSPS) is 16.6. The topological polar surface area (TPSA) is 54.5 Å². The van der Waals surface area contributed by atoms with Crippen LogP contribution < -0.4 is 5.32 Å². The summed E-state index contributed by atoms with van der Waals surface area (Å²) in [5.74, 6) is 0. The lowest BCUT2D eigenvalue weighted by atomic mass is 10.0. The van der Waals surface area contributed by atoms with Gasteiger partial charge in [0.15, 0.2) is 0 Å². The van der Waals surface area contributed by atoms with Crippen molar-refractivity contribution in [2.45, 2.75) is 51.7 Å². The van der Waals surface area contributed by atoms with Crippen molar-refractivity contribution in [2.24, 2.45) is 0 Å². The van der Waals surface area contributed by atoms with Gasteiger partial charge in [-0.15, -0.1) is 0 Å². The van der Waals surface area contributed by atoms with E-state index in [1.165, 1.54) is 10.9 Å². The fourth-order valence-electron chi connectivity index (χ4n) is 3.43. The lowest BCUT2D eigenvalue weighted by Crippen LogP contribution is -2.46. The Morgan fingerprint density at radius 3 is 2.69 bits per heavy atom. The number of carbonyl (C=O) groups excluding carboxylic acids is 1. The number of carbonyl (C=O) groups is 1. The number of alkyl carbamates (subject to hydrolysis) is 1. The summed E-state index contributed by atoms with van der Waals surface area (Å²) in [6.07, 6.45) is 4.55. The highest BCUT2D eigenvalue weighted by Gasteiger charge is 2.23. The Morgan fingerprint density at radius 1 is 1.23 bits per heavy atom. The average Bonchev–Trinajstić information content (AvgIpc) is 2.59. The number of hydrogen-bond acceptors (Lipinski definition) is 4. The summed E-state index contributed by atoms with van der Waals surface area (Å²) in [6.45, 7) is 8.70. The lowest BCUT2D eigenvalue weighted by Gasteiger charge is -2.32. The number of fused-ring (bicyclic) bond motifs is 1. The molecule has 26 heavy (non-hydrogen) atoms. The number of nitrogens with zero attached hydrogens (tertiary/aromatic N) is 2. The molecule has 0 spiro atoms. The Labute approximate surface area is 155 Å². The number of pyridine rings is 1. The maximum atomic E-state index is 11.9. The van der Waals surface area contributed by atoms with Crippen molar-refractivity contribution in [3.05, 3.63) is 42.1 Å². The van der Waals surface area contributed by atoms with E-state index in [0.29, 0.717) is 0 Å². The molecule has 2 aromatic rings. The van der Waals surface area contributed by atoms with Gasteiger partial charge in [-0.05, 0) is 57.7 Å². The SMILES string of the molecule is CC(C)(C)OC(=O)NC1CCN(CCc2ccnc3ccccc23)CC1. The molecular weight excluding hydrogens is 326 g/mol. The minimum Gasteiger partial charge on any atom is -0.444 e. The van der Waals surface area contributed by atoms with Gasteiger partial charge in [0.1, 0.15) is 5.60 Å². The van der Waals surface area contributed by atoms with Gasteiger partial charge in [0.05, 0.1) is 5.52 Å². The van der Waals surface area contributed by atoms with Gasteiger partial charge in [-0.25, -0.2) is 4.79 Å². The summed E-state index contributed by atoms with van der Waals surface area (Å²) in [6, 6.07) is 10.6. The summed E-state index contributed by atoms with van der Waals surface area (Å²) in [7, 11) is 0. The maximum absolute atomic E-state index is 11.9. The first-order chi connectivity index (χ1) is 12.4. The number of benzene rings is 1. The molecule has 1 amide bonds. The second-order valence-electron chi connectivity index (χ2n) is 8.00. The number of ether oxygens (including phenoxy) is 1. The lowest BCUT2D eigenvalue weighted by molar-refractivity contribution is 0.0479. The van der Waals surface area contributed by atoms with Crippen molar-refractivity contribution in [3.63, 3.8) is 0 Å². The highest BCUT2D eigenvalue weighted by molar-refractivity contribution is 5.81. The number of likely N-dealkylation sites (tertiary alicyclic amines) is 1. The smallest absolute Gasteiger partial charge is 0.407 e. The van der Waals surface area contributed by atoms with Crippen LogP contribution in [0.2, 0.25) is 0 Å². The Balaban J connectivity index is 1.46. The van der Waals surface area contributed by atoms with E-state index in [1.54, 1.807) is 0 Å². The second kappa shape index (κ2) is 8.04. The molecule has 2 heterocycles. The van der Waals surface area contributed by atoms with Crippen LogP contribution in [0.15, 0.2) is 36.5 Å². The standard InChI is InChI=1S/C21H29N3O2/c1-21(2,3)26-20(25)23-17-10-14-24(15-11-17)13-9-16-8-12-22-19-7-5-4-6-18(16)19/h4-8,12,17H,9-11,13-15H2,1-3H3,(H,23,25). The van der Waals surface area contributed by atoms with Crippen LogP contribution in [-0.4, -0.2) is 47.3 Å². The highest BCUT2D eigenvalue weighted by atomic mass is 16.6. The van der Waals surface area contributed by atoms with Crippen LogP contribution in [0.1, 0.15) is 39.2 Å². The molecule has 1 aliphatic heterocycles. The van der Waals surface area contributed by atoms with Crippen molar-refractivity contribution >= 4 is 17.0 Å². The molecule has 0 atom stereocenters. The number of para-hydroxylation sites is 1. The minimum absolute atomic E-state index is 0.211. The van der Waals surface area contributed by atoms with E-state index in [4.69, 9.17) is 4.74 Å². The number of amides is 1. The van der Waals surface area contributed by atoms with Crippen LogP contribution in [-0.2, 0) is 11.2 Å². The summed E-state index contributed by atoms with van der Waals surface area (Å²) in [4.78, 5) is 18.8. The molecule has 1 fully saturated rings. The first-order valence-electron chi connectivity index (χ1n) is 9.45. The summed E-state index contributed by atoms with van der Waals surface area (Å²) in [5.41, 5.74) is 1.97. The predicted octanol–water partition coefficient (Wildman–Crippen LogP) is 3.77. The van der Waals surface area contributed by atoms with Crippen molar-refractivity contribution in [2.75, 3.05) is 19.6 Å². The largest absolute Gasteiger partial charge is 0.444 e. The molecule has 0 radical (unpaired) electrons. The van der Waals surface area contributed by atoms with Gasteiger partial charge >= 0.3 is 6.09 Å². The number of nitrogens with one attached hydrogen (secondary N) is 1. The van der Waals surface area contributed by atoms with E-state index in [1.807, 2.05) is 33.0 Å². The number of hydrogen-bond donors (Lipinski definition) is 1. The van der Waals surface area contributed by atoms with Gasteiger partial charge < -0.3 is 15.0 Å². The van der Waals surface area contributed by atoms with Gasteiger partial charge in [0, 0.05) is 37.3 Å². The summed E-state index contributed by atoms with van der Waals surface area (Å²) in [5, 5.41) is 4.24. The third kappa shape index (κ3) is 5.18. The zero-order valence-corrected chi connectivity index (χ0v) is 16.0. The van der Waals surface area contributed by atoms with Crippen molar-refractivity contribution in [1.82, 2.24) is 15.2 Å². The molecule has 5 heteroatoms. The van der Waals surface area contributed by atoms with E-state index in [9.17, 15) is 4.79 Å². The van der Waals surface area contributed by atoms with E-state index in [-0.39, 0.29) is 12.1 Å². The van der Waals surface area contributed by atoms with Crippen molar-refractivity contribution in [1.29, 1.82) is 0 Å². The number of rotatable bonds is 4. The highest BCUT2D eigenvalue weighted by Crippen LogP contribution is 2.18. The third-order valence-corrected chi connectivity index (χ3v) is 4.75. The van der Waals surface area contributed by atoms with Crippen molar-refractivity contribution < 1.29 is 9.53 Å². The maximum Gasteiger partial charge on any atom is 0.407 e. The Kier molecular flexibility index (Phi) is 5.77. The molecule has 140 valence electrons. The Bertz CT molecular complexity index is 741. The minimum atomic E-state index is -0.446. The fourth-order valence-corrected chi connectivity index (χ4v) is 3.43. The fraction of sp³-hybridized carbons (Fsp3) is 0.524. The van der Waals surface area contributed by atoms with Gasteiger partial charge in [-0.3, -0.25) is 4.98 Å². The Hall–Kier alpha value is -2.14. The zero-order chi connectivity index (χ0) is 18.6. The molecule has 0 saturated carbocycles. The van der Waals surface area contributed by atoms with E-state index in [2.05, 4.69) is 39.5 Å². The van der Waals surface area contributed by atoms with Gasteiger partial charge in [-0.1, -0.05) is 18.2 Å². The summed E-state index contributed by atoms with van der Waals surface area (Å²) < 4.78 is 5.34. The second-order valence-corrected chi connectivity index (χ2v) is 8.00. The van der Waals surface area contributed by atoms with E-state index >= 15 is 0 Å². The molecule has 3 rings (SSSR count). The molecule has 1 aromatic heterocycles. The van der Waals surface area contributed by atoms with Crippen molar-refractivity contribution in [3.8, 4) is 0 Å². The molecule has 0 unspecified atom stereocenters. The average molecular weight is 355 g/mol. The first-order valence-corrected chi connectivity index (χ1v) is 9.45. The third-order valence-electron chi connectivity index (χ3n) is 4.75. The van der Waals surface area contributed by atoms with E-state index < -0.39 is 5.60 Å². The van der Waals surface area contributed by atoms with Crippen LogP contribution in [0.3, 0.4) is 0 Å². The monoisotopic (exact) mass is 355 g/mol. The molecule has 0 aliphatic carbocycles. The molecule has 1 saturated heterocycles. The molecule has 1 N–H and O–H groups in total. The quantitative estimate of drug-likeness (QED) is 0.907. The van der Waals surface area contributed by atoms with Crippen LogP contribution in [0, 0.1) is 0 Å². The van der Waals surface area contributed by atoms with E-state index in [0.717, 1.165) is 44.4 Å². The van der Waals surface area contributed by atoms with Gasteiger partial charge in [-0.2, -0.15) is 0 Å². The molecule has 0 bridgehead atoms. The first kappa shape index (κ1) is 18.6. The number of aromatic nitrogens is 1. The van der Waals surface area contributed by atoms with Crippen LogP contribution in [0.25, 0.3) is 10.9 Å². The number of piperidine rings is 1. The van der Waals surface area contributed by atoms with Gasteiger partial charge in [0.2, 0.25) is 0 Å². The molecule has 1 aliphatic rings. The molecule has 1 aromatic carbocycles. The predicted molar refractivity (Wildman–Crippen MR) is 104 cm³/mol. The van der Waals surface area contributed by atoms with Crippen LogP contribution in [0.5, 0.6) is 0 Å². The molecule has 5 nitrogen and oxygen atoms in total.